The van der Waals surface area contributed by atoms with Gasteiger partial charge >= 0.3 is 0 Å². The van der Waals surface area contributed by atoms with E-state index in [0.717, 1.165) is 37.9 Å². The molecule has 7 nitrogen and oxygen atoms in total. The van der Waals surface area contributed by atoms with Crippen LogP contribution in [0.4, 0.5) is 0 Å². The number of hydrogen-bond donors (Lipinski definition) is 2. The summed E-state index contributed by atoms with van der Waals surface area (Å²) in [4.78, 5) is 25.7. The van der Waals surface area contributed by atoms with Gasteiger partial charge in [0.1, 0.15) is 11.8 Å². The number of primary amides is 1. The van der Waals surface area contributed by atoms with E-state index < -0.39 is 12.0 Å². The molecule has 1 aliphatic heterocycles. The molecule has 2 atom stereocenters. The van der Waals surface area contributed by atoms with Crippen LogP contribution in [0.2, 0.25) is 0 Å². The van der Waals surface area contributed by atoms with E-state index in [1.165, 1.54) is 12.8 Å². The number of nitrogens with two attached hydrogens (primary N) is 1. The van der Waals surface area contributed by atoms with E-state index in [2.05, 4.69) is 10.2 Å². The minimum Gasteiger partial charge on any atom is -0.365 e. The van der Waals surface area contributed by atoms with Crippen molar-refractivity contribution in [1.29, 1.82) is 0 Å². The molecule has 2 aliphatic rings. The van der Waals surface area contributed by atoms with E-state index in [-0.39, 0.29) is 23.6 Å². The van der Waals surface area contributed by atoms with Crippen LogP contribution in [0.5, 0.6) is 0 Å². The molecule has 24 heavy (non-hydrogen) atoms. The van der Waals surface area contributed by atoms with Crippen LogP contribution in [-0.2, 0) is 9.53 Å². The number of H-pyrrole nitrogens is 1. The van der Waals surface area contributed by atoms with Gasteiger partial charge in [0, 0.05) is 24.7 Å². The third-order valence-electron chi connectivity index (χ3n) is 5.07. The van der Waals surface area contributed by atoms with Crippen molar-refractivity contribution in [3.63, 3.8) is 0 Å². The van der Waals surface area contributed by atoms with Gasteiger partial charge in [0.25, 0.3) is 11.8 Å². The molecule has 1 aliphatic carbocycles. The van der Waals surface area contributed by atoms with Crippen LogP contribution in [0.3, 0.4) is 0 Å². The van der Waals surface area contributed by atoms with Gasteiger partial charge < -0.3 is 15.4 Å². The van der Waals surface area contributed by atoms with Gasteiger partial charge in [0.15, 0.2) is 0 Å². The Kier molecular flexibility index (Phi) is 5.18. The minimum atomic E-state index is -0.542. The number of nitrogens with one attached hydrogen (secondary N) is 1. The lowest BCUT2D eigenvalue weighted by Gasteiger charge is -2.34. The number of likely N-dealkylation sites (tertiary alicyclic amines) is 1. The standard InChI is InChI=1S/C17H26N4O3/c1-11(24-13-6-2-3-7-13)17(23)21-8-4-5-12(10-21)14-9-15(16(18)22)20-19-14/h9,11-13H,2-8,10H2,1H3,(H2,18,22)(H,19,20)/t11-,12+/m1/s1. The molecule has 0 aromatic carbocycles. The number of amides is 2. The first-order chi connectivity index (χ1) is 11.5. The second-order valence-corrected chi connectivity index (χ2v) is 6.88. The van der Waals surface area contributed by atoms with Crippen molar-refractivity contribution in [2.24, 2.45) is 5.73 Å². The molecule has 1 aromatic rings. The average Bonchev–Trinajstić information content (AvgIpc) is 3.25. The Morgan fingerprint density at radius 1 is 1.33 bits per heavy atom. The highest BCUT2D eigenvalue weighted by atomic mass is 16.5. The molecule has 0 spiro atoms. The molecule has 2 fully saturated rings. The average molecular weight is 334 g/mol. The van der Waals surface area contributed by atoms with E-state index in [0.29, 0.717) is 6.54 Å². The number of piperidine rings is 1. The molecule has 0 bridgehead atoms. The minimum absolute atomic E-state index is 0.0567. The highest BCUT2D eigenvalue weighted by Crippen LogP contribution is 2.27. The predicted octanol–water partition coefficient (Wildman–Crippen LogP) is 1.56. The fraction of sp³-hybridized carbons (Fsp3) is 0.706. The first-order valence-electron chi connectivity index (χ1n) is 8.84. The third-order valence-corrected chi connectivity index (χ3v) is 5.07. The highest BCUT2D eigenvalue weighted by molar-refractivity contribution is 5.90. The topological polar surface area (TPSA) is 101 Å². The summed E-state index contributed by atoms with van der Waals surface area (Å²) < 4.78 is 5.93. The summed E-state index contributed by atoms with van der Waals surface area (Å²) >= 11 is 0. The van der Waals surface area contributed by atoms with E-state index in [1.807, 2.05) is 11.8 Å². The van der Waals surface area contributed by atoms with Crippen molar-refractivity contribution in [1.82, 2.24) is 15.1 Å². The number of carbonyl (C=O) groups is 2. The zero-order valence-electron chi connectivity index (χ0n) is 14.2. The number of ether oxygens (including phenoxy) is 1. The number of hydrogen-bond acceptors (Lipinski definition) is 4. The Morgan fingerprint density at radius 2 is 2.08 bits per heavy atom. The predicted molar refractivity (Wildman–Crippen MR) is 88.5 cm³/mol. The van der Waals surface area contributed by atoms with Crippen molar-refractivity contribution in [3.8, 4) is 0 Å². The second kappa shape index (κ2) is 7.34. The SMILES string of the molecule is C[C@@H](OC1CCCC1)C(=O)N1CCC[C@H](c2cc(C(N)=O)n[nH]2)C1. The van der Waals surface area contributed by atoms with Crippen LogP contribution >= 0.6 is 0 Å². The van der Waals surface area contributed by atoms with Crippen LogP contribution in [0, 0.1) is 0 Å². The lowest BCUT2D eigenvalue weighted by atomic mass is 9.94. The van der Waals surface area contributed by atoms with Crippen molar-refractivity contribution >= 4 is 11.8 Å². The van der Waals surface area contributed by atoms with Gasteiger partial charge in [0.05, 0.1) is 6.10 Å². The van der Waals surface area contributed by atoms with E-state index in [1.54, 1.807) is 6.07 Å². The molecule has 3 N–H and O–H groups in total. The Balaban J connectivity index is 1.59. The van der Waals surface area contributed by atoms with Gasteiger partial charge in [0.2, 0.25) is 0 Å². The summed E-state index contributed by atoms with van der Waals surface area (Å²) in [7, 11) is 0. The molecular formula is C17H26N4O3. The first-order valence-corrected chi connectivity index (χ1v) is 8.84. The summed E-state index contributed by atoms with van der Waals surface area (Å²) in [6, 6.07) is 1.69. The lowest BCUT2D eigenvalue weighted by Crippen LogP contribution is -2.45. The normalized spacial score (nSPS) is 23.4. The quantitative estimate of drug-likeness (QED) is 0.853. The Hall–Kier alpha value is -1.89. The molecular weight excluding hydrogens is 308 g/mol. The maximum absolute atomic E-state index is 12.7. The highest BCUT2D eigenvalue weighted by Gasteiger charge is 2.30. The molecule has 3 rings (SSSR count). The maximum Gasteiger partial charge on any atom is 0.269 e. The summed E-state index contributed by atoms with van der Waals surface area (Å²) in [5, 5.41) is 6.82. The monoisotopic (exact) mass is 334 g/mol. The third kappa shape index (κ3) is 3.77. The van der Waals surface area contributed by atoms with E-state index in [4.69, 9.17) is 10.5 Å². The zero-order chi connectivity index (χ0) is 17.1. The molecule has 2 heterocycles. The Labute approximate surface area is 141 Å². The molecule has 1 saturated heterocycles. The molecule has 0 radical (unpaired) electrons. The Morgan fingerprint density at radius 3 is 2.75 bits per heavy atom. The second-order valence-electron chi connectivity index (χ2n) is 6.88. The maximum atomic E-state index is 12.7. The number of aromatic amines is 1. The molecule has 132 valence electrons. The molecule has 2 amide bonds. The largest absolute Gasteiger partial charge is 0.365 e. The summed E-state index contributed by atoms with van der Waals surface area (Å²) in [5.74, 6) is -0.331. The number of rotatable bonds is 5. The van der Waals surface area contributed by atoms with Gasteiger partial charge in [-0.15, -0.1) is 0 Å². The zero-order valence-corrected chi connectivity index (χ0v) is 14.2. The molecule has 7 heteroatoms. The van der Waals surface area contributed by atoms with Crippen molar-refractivity contribution in [2.45, 2.75) is 63.6 Å². The van der Waals surface area contributed by atoms with E-state index in [9.17, 15) is 9.59 Å². The van der Waals surface area contributed by atoms with Crippen LogP contribution in [0.1, 0.15) is 67.5 Å². The van der Waals surface area contributed by atoms with E-state index >= 15 is 0 Å². The fourth-order valence-electron chi connectivity index (χ4n) is 3.73. The molecule has 1 saturated carbocycles. The van der Waals surface area contributed by atoms with Gasteiger partial charge in [-0.25, -0.2) is 0 Å². The number of carbonyl (C=O) groups excluding carboxylic acids is 2. The summed E-state index contributed by atoms with van der Waals surface area (Å²) in [6.07, 6.45) is 6.23. The molecule has 0 unspecified atom stereocenters. The van der Waals surface area contributed by atoms with Crippen LogP contribution < -0.4 is 5.73 Å². The van der Waals surface area contributed by atoms with Crippen LogP contribution in [0.15, 0.2) is 6.07 Å². The van der Waals surface area contributed by atoms with Crippen LogP contribution in [0.25, 0.3) is 0 Å². The van der Waals surface area contributed by atoms with Gasteiger partial charge in [-0.1, -0.05) is 12.8 Å². The first kappa shape index (κ1) is 17.0. The van der Waals surface area contributed by atoms with Crippen molar-refractivity contribution in [3.05, 3.63) is 17.5 Å². The van der Waals surface area contributed by atoms with Crippen molar-refractivity contribution in [2.75, 3.05) is 13.1 Å². The lowest BCUT2D eigenvalue weighted by molar-refractivity contribution is -0.147. The Bertz CT molecular complexity index is 594. The van der Waals surface area contributed by atoms with Crippen molar-refractivity contribution < 1.29 is 14.3 Å². The van der Waals surface area contributed by atoms with Crippen LogP contribution in [-0.4, -0.2) is 52.2 Å². The number of nitrogens with zero attached hydrogens (tertiary/aromatic N) is 2. The smallest absolute Gasteiger partial charge is 0.269 e. The fourth-order valence-corrected chi connectivity index (χ4v) is 3.73. The van der Waals surface area contributed by atoms with Gasteiger partial charge in [-0.3, -0.25) is 14.7 Å². The van der Waals surface area contributed by atoms with Gasteiger partial charge in [-0.2, -0.15) is 5.10 Å². The van der Waals surface area contributed by atoms with Gasteiger partial charge in [-0.05, 0) is 38.7 Å². The summed E-state index contributed by atoms with van der Waals surface area (Å²) in [5.41, 5.74) is 6.36. The molecule has 1 aromatic heterocycles. The number of aromatic nitrogens is 2. The summed E-state index contributed by atoms with van der Waals surface area (Å²) in [6.45, 7) is 3.23.